The van der Waals surface area contributed by atoms with Crippen molar-refractivity contribution >= 4 is 22.6 Å². The summed E-state index contributed by atoms with van der Waals surface area (Å²) in [5.74, 6) is 0.243. The van der Waals surface area contributed by atoms with Crippen molar-refractivity contribution in [3.05, 3.63) is 41.3 Å². The highest BCUT2D eigenvalue weighted by Gasteiger charge is 2.43. The molecule has 2 aliphatic rings. The third kappa shape index (κ3) is 2.77. The molecule has 2 aliphatic heterocycles. The molecule has 1 N–H and O–H groups in total. The van der Waals surface area contributed by atoms with Crippen LogP contribution in [0.4, 0.5) is 14.2 Å². The Hall–Kier alpha value is -2.02. The molecule has 5 nitrogen and oxygen atoms in total. The number of hydrogen-bond donors (Lipinski definition) is 1. The molecule has 7 heteroatoms. The van der Waals surface area contributed by atoms with Gasteiger partial charge in [-0.25, -0.2) is 9.18 Å². The summed E-state index contributed by atoms with van der Waals surface area (Å²) >= 11 is 1.18. The van der Waals surface area contributed by atoms with Crippen LogP contribution < -0.4 is 5.32 Å². The van der Waals surface area contributed by atoms with Gasteiger partial charge in [0.1, 0.15) is 10.8 Å². The molecule has 2 unspecified atom stereocenters. The first-order valence-electron chi connectivity index (χ1n) is 8.24. The number of piperidine rings is 1. The van der Waals surface area contributed by atoms with Crippen LogP contribution >= 0.6 is 11.5 Å². The minimum Gasteiger partial charge on any atom is -0.319 e. The van der Waals surface area contributed by atoms with E-state index in [0.717, 1.165) is 25.7 Å². The molecule has 0 radical (unpaired) electrons. The molecule has 2 atom stereocenters. The zero-order valence-electron chi connectivity index (χ0n) is 13.4. The van der Waals surface area contributed by atoms with Gasteiger partial charge >= 0.3 is 6.03 Å². The molecule has 0 aliphatic carbocycles. The number of hydrogen-bond acceptors (Lipinski definition) is 4. The molecule has 4 rings (SSSR count). The molecule has 1 aromatic heterocycles. The van der Waals surface area contributed by atoms with Gasteiger partial charge in [-0.3, -0.25) is 5.32 Å². The van der Waals surface area contributed by atoms with Gasteiger partial charge in [0.2, 0.25) is 0 Å². The third-order valence-electron chi connectivity index (χ3n) is 5.21. The van der Waals surface area contributed by atoms with Crippen molar-refractivity contribution in [2.75, 3.05) is 5.32 Å². The molecule has 3 heterocycles. The second-order valence-electron chi connectivity index (χ2n) is 6.68. The molecule has 2 fully saturated rings. The van der Waals surface area contributed by atoms with Crippen LogP contribution in [0.2, 0.25) is 0 Å². The van der Waals surface area contributed by atoms with E-state index in [2.05, 4.69) is 14.9 Å². The highest BCUT2D eigenvalue weighted by atomic mass is 32.1. The largest absolute Gasteiger partial charge is 0.323 e. The van der Waals surface area contributed by atoms with Crippen LogP contribution in [-0.4, -0.2) is 32.6 Å². The summed E-state index contributed by atoms with van der Waals surface area (Å²) < 4.78 is 17.3. The number of benzene rings is 1. The Morgan fingerprint density at radius 1 is 1.33 bits per heavy atom. The van der Waals surface area contributed by atoms with Crippen molar-refractivity contribution in [3.63, 3.8) is 0 Å². The summed E-state index contributed by atoms with van der Waals surface area (Å²) in [6.07, 6.45) is 5.52. The van der Waals surface area contributed by atoms with Gasteiger partial charge in [0.15, 0.2) is 0 Å². The van der Waals surface area contributed by atoms with E-state index in [1.807, 2.05) is 17.0 Å². The second kappa shape index (κ2) is 6.12. The summed E-state index contributed by atoms with van der Waals surface area (Å²) in [7, 11) is 0. The highest BCUT2D eigenvalue weighted by molar-refractivity contribution is 7.10. The van der Waals surface area contributed by atoms with Gasteiger partial charge in [-0.1, -0.05) is 16.6 Å². The van der Waals surface area contributed by atoms with Gasteiger partial charge in [0.05, 0.1) is 6.20 Å². The van der Waals surface area contributed by atoms with Gasteiger partial charge in [0, 0.05) is 23.6 Å². The predicted octanol–water partition coefficient (Wildman–Crippen LogP) is 3.93. The second-order valence-corrected chi connectivity index (χ2v) is 7.47. The fourth-order valence-electron chi connectivity index (χ4n) is 4.09. The van der Waals surface area contributed by atoms with Gasteiger partial charge in [-0.15, -0.1) is 5.10 Å². The molecule has 0 saturated carbocycles. The van der Waals surface area contributed by atoms with Crippen molar-refractivity contribution in [1.29, 1.82) is 0 Å². The monoisotopic (exact) mass is 346 g/mol. The number of aryl methyl sites for hydroxylation is 1. The van der Waals surface area contributed by atoms with Crippen LogP contribution in [0.25, 0.3) is 0 Å². The number of halogens is 1. The number of rotatable bonds is 2. The Morgan fingerprint density at radius 2 is 2.08 bits per heavy atom. The van der Waals surface area contributed by atoms with E-state index in [1.54, 1.807) is 19.2 Å². The first kappa shape index (κ1) is 15.5. The number of amides is 2. The van der Waals surface area contributed by atoms with Crippen molar-refractivity contribution < 1.29 is 9.18 Å². The van der Waals surface area contributed by atoms with Gasteiger partial charge in [0.25, 0.3) is 0 Å². The topological polar surface area (TPSA) is 58.1 Å². The molecule has 2 saturated heterocycles. The maximum absolute atomic E-state index is 13.5. The lowest BCUT2D eigenvalue weighted by atomic mass is 9.84. The molecule has 2 bridgehead atoms. The first-order valence-corrected chi connectivity index (χ1v) is 9.02. The number of aromatic nitrogens is 2. The molecular weight excluding hydrogens is 327 g/mol. The van der Waals surface area contributed by atoms with Crippen LogP contribution in [0.5, 0.6) is 0 Å². The average Bonchev–Trinajstić information content (AvgIpc) is 3.16. The number of nitrogens with one attached hydrogen (secondary N) is 1. The first-order chi connectivity index (χ1) is 11.6. The Morgan fingerprint density at radius 3 is 2.71 bits per heavy atom. The van der Waals surface area contributed by atoms with E-state index < -0.39 is 0 Å². The zero-order chi connectivity index (χ0) is 16.7. The molecule has 0 spiro atoms. The highest BCUT2D eigenvalue weighted by Crippen LogP contribution is 2.43. The lowest BCUT2D eigenvalue weighted by Gasteiger charge is -2.39. The van der Waals surface area contributed by atoms with Crippen LogP contribution in [0.1, 0.15) is 42.7 Å². The summed E-state index contributed by atoms with van der Waals surface area (Å²) in [4.78, 5) is 14.6. The lowest BCUT2D eigenvalue weighted by molar-refractivity contribution is 0.149. The Kier molecular flexibility index (Phi) is 3.96. The van der Waals surface area contributed by atoms with Crippen molar-refractivity contribution in [2.45, 2.75) is 50.6 Å². The van der Waals surface area contributed by atoms with E-state index >= 15 is 0 Å². The van der Waals surface area contributed by atoms with Crippen molar-refractivity contribution in [1.82, 2.24) is 14.5 Å². The van der Waals surface area contributed by atoms with Gasteiger partial charge in [-0.2, -0.15) is 0 Å². The number of nitrogens with zero attached hydrogens (tertiary/aromatic N) is 3. The number of fused-ring (bicyclic) bond motifs is 2. The smallest absolute Gasteiger partial charge is 0.319 e. The third-order valence-corrected chi connectivity index (χ3v) is 5.79. The van der Waals surface area contributed by atoms with Crippen LogP contribution in [-0.2, 0) is 0 Å². The standard InChI is InChI=1S/C17H19FN4OS/c1-10-6-11(2-5-15(10)18)12-7-13-3-4-14(8-12)22(13)17(23)20-16-9-19-21-24-16/h2,5-6,9,12-14H,3-4,7-8H2,1H3,(H,20,23). The van der Waals surface area contributed by atoms with E-state index in [9.17, 15) is 9.18 Å². The van der Waals surface area contributed by atoms with Gasteiger partial charge in [-0.05, 0) is 55.7 Å². The Bertz CT molecular complexity index is 737. The maximum atomic E-state index is 13.5. The Balaban J connectivity index is 1.49. The zero-order valence-corrected chi connectivity index (χ0v) is 14.2. The summed E-state index contributed by atoms with van der Waals surface area (Å²) in [5.41, 5.74) is 1.88. The fourth-order valence-corrected chi connectivity index (χ4v) is 4.50. The van der Waals surface area contributed by atoms with Crippen LogP contribution in [0.3, 0.4) is 0 Å². The van der Waals surface area contributed by atoms with Crippen molar-refractivity contribution in [2.24, 2.45) is 0 Å². The SMILES string of the molecule is Cc1cc(C2CC3CCC(C2)N3C(=O)Nc2cnns2)ccc1F. The number of carbonyl (C=O) groups is 1. The molecular formula is C17H19FN4OS. The predicted molar refractivity (Wildman–Crippen MR) is 90.7 cm³/mol. The lowest BCUT2D eigenvalue weighted by Crippen LogP contribution is -2.47. The van der Waals surface area contributed by atoms with Crippen LogP contribution in [0, 0.1) is 12.7 Å². The van der Waals surface area contributed by atoms with E-state index in [1.165, 1.54) is 17.1 Å². The number of urea groups is 1. The summed E-state index contributed by atoms with van der Waals surface area (Å²) in [6.45, 7) is 1.80. The number of anilines is 1. The minimum absolute atomic E-state index is 0.0534. The summed E-state index contributed by atoms with van der Waals surface area (Å²) in [6, 6.07) is 5.86. The molecule has 1 aromatic carbocycles. The van der Waals surface area contributed by atoms with E-state index in [-0.39, 0.29) is 23.9 Å². The molecule has 2 amide bonds. The maximum Gasteiger partial charge on any atom is 0.323 e. The molecule has 24 heavy (non-hydrogen) atoms. The fraction of sp³-hybridized carbons (Fsp3) is 0.471. The van der Waals surface area contributed by atoms with Crippen LogP contribution in [0.15, 0.2) is 24.4 Å². The minimum atomic E-state index is -0.156. The molecule has 2 aromatic rings. The average molecular weight is 346 g/mol. The Labute approximate surface area is 144 Å². The van der Waals surface area contributed by atoms with Crippen molar-refractivity contribution in [3.8, 4) is 0 Å². The quantitative estimate of drug-likeness (QED) is 0.896. The summed E-state index contributed by atoms with van der Waals surface area (Å²) in [5, 5.41) is 7.32. The van der Waals surface area contributed by atoms with E-state index in [0.29, 0.717) is 16.5 Å². The molecule has 126 valence electrons. The number of carbonyl (C=O) groups excluding carboxylic acids is 1. The normalized spacial score (nSPS) is 25.8. The van der Waals surface area contributed by atoms with Gasteiger partial charge < -0.3 is 4.90 Å². The van der Waals surface area contributed by atoms with E-state index in [4.69, 9.17) is 0 Å².